The summed E-state index contributed by atoms with van der Waals surface area (Å²) in [5, 5.41) is 25.6. The van der Waals surface area contributed by atoms with E-state index < -0.39 is 65.0 Å². The van der Waals surface area contributed by atoms with Gasteiger partial charge in [0.2, 0.25) is 0 Å². The second-order valence-electron chi connectivity index (χ2n) is 14.5. The minimum atomic E-state index is -1.37. The highest BCUT2D eigenvalue weighted by Gasteiger charge is 2.72. The number of likely N-dealkylation sites (tertiary alicyclic amines) is 1. The Morgan fingerprint density at radius 3 is 2.45 bits per heavy atom. The van der Waals surface area contributed by atoms with Crippen LogP contribution in [-0.2, 0) is 45.2 Å². The summed E-state index contributed by atoms with van der Waals surface area (Å²) in [6, 6.07) is 2.09. The normalized spacial score (nSPS) is 27.7. The number of phenolic OH excluding ortho intramolecular Hbond substituents is 1. The van der Waals surface area contributed by atoms with Gasteiger partial charge >= 0.3 is 18.1 Å². The van der Waals surface area contributed by atoms with Crippen LogP contribution in [0, 0.1) is 5.92 Å². The molecule has 47 heavy (non-hydrogen) atoms. The zero-order valence-electron chi connectivity index (χ0n) is 28.2. The van der Waals surface area contributed by atoms with Crippen LogP contribution in [0.15, 0.2) is 24.0 Å². The molecule has 1 amide bonds. The molecule has 5 rings (SSSR count). The molecule has 13 heteroatoms. The largest absolute Gasteiger partial charge is 0.509 e. The average Bonchev–Trinajstić information content (AvgIpc) is 3.32. The molecule has 1 saturated heterocycles. The van der Waals surface area contributed by atoms with Gasteiger partial charge in [-0.25, -0.2) is 14.4 Å². The van der Waals surface area contributed by atoms with Gasteiger partial charge in [0.05, 0.1) is 11.0 Å². The summed E-state index contributed by atoms with van der Waals surface area (Å²) >= 11 is 0. The summed E-state index contributed by atoms with van der Waals surface area (Å²) in [5.74, 6) is -2.10. The molecule has 2 heterocycles. The highest BCUT2D eigenvalue weighted by molar-refractivity contribution is 5.89. The van der Waals surface area contributed by atoms with Crippen LogP contribution in [0.3, 0.4) is 0 Å². The number of rotatable bonds is 9. The van der Waals surface area contributed by atoms with Gasteiger partial charge in [0.25, 0.3) is 5.91 Å². The molecule has 7 atom stereocenters. The number of ether oxygens (including phenoxy) is 5. The Kier molecular flexibility index (Phi) is 9.04. The minimum absolute atomic E-state index is 0.0427. The number of hydrogen-bond acceptors (Lipinski definition) is 12. The lowest BCUT2D eigenvalue weighted by molar-refractivity contribution is -0.176. The summed E-state index contributed by atoms with van der Waals surface area (Å²) in [4.78, 5) is 53.6. The second kappa shape index (κ2) is 12.3. The van der Waals surface area contributed by atoms with Crippen LogP contribution in [0.4, 0.5) is 4.79 Å². The Morgan fingerprint density at radius 1 is 1.09 bits per heavy atom. The van der Waals surface area contributed by atoms with E-state index in [2.05, 4.69) is 10.2 Å². The lowest BCUT2D eigenvalue weighted by Crippen LogP contribution is -2.74. The third-order valence-corrected chi connectivity index (χ3v) is 9.54. The molecular formula is C34H46N2O11. The highest BCUT2D eigenvalue weighted by Crippen LogP contribution is 2.65. The van der Waals surface area contributed by atoms with E-state index in [-0.39, 0.29) is 42.1 Å². The SMILES string of the molecule is CC(C)CC(NC(=O)C(C)OC(=O)OC(C)(C)C)C(=O)OC(C)C(=O)OC1=CC[C@@]2(O)[C@H]3Cc4ccc(O)c5c4[C@@]2(CCN3C)[C@H]1O5. The first-order valence-corrected chi connectivity index (χ1v) is 16.1. The van der Waals surface area contributed by atoms with Crippen LogP contribution >= 0.6 is 0 Å². The maximum Gasteiger partial charge on any atom is 0.509 e. The molecule has 1 spiro atoms. The maximum absolute atomic E-state index is 13.4. The number of likely N-dealkylation sites (N-methyl/N-ethyl adjacent to an activating group) is 1. The molecule has 0 saturated carbocycles. The highest BCUT2D eigenvalue weighted by atomic mass is 16.7. The third-order valence-electron chi connectivity index (χ3n) is 9.54. The lowest BCUT2D eigenvalue weighted by atomic mass is 9.50. The Bertz CT molecular complexity index is 1480. The van der Waals surface area contributed by atoms with Crippen LogP contribution in [-0.4, -0.2) is 94.3 Å². The van der Waals surface area contributed by atoms with E-state index in [0.29, 0.717) is 19.4 Å². The number of nitrogens with zero attached hydrogens (tertiary/aromatic N) is 1. The van der Waals surface area contributed by atoms with Gasteiger partial charge in [0, 0.05) is 18.0 Å². The van der Waals surface area contributed by atoms with Gasteiger partial charge in [-0.3, -0.25) is 4.79 Å². The monoisotopic (exact) mass is 658 g/mol. The number of piperidine rings is 1. The Labute approximate surface area is 274 Å². The maximum atomic E-state index is 13.4. The summed E-state index contributed by atoms with van der Waals surface area (Å²) in [6.45, 7) is 12.0. The third kappa shape index (κ3) is 6.15. The molecule has 0 aromatic heterocycles. The molecule has 1 aromatic carbocycles. The van der Waals surface area contributed by atoms with Crippen molar-refractivity contribution in [2.45, 2.75) is 121 Å². The molecule has 2 aliphatic heterocycles. The predicted octanol–water partition coefficient (Wildman–Crippen LogP) is 3.02. The average molecular weight is 659 g/mol. The number of carbonyl (C=O) groups is 4. The molecule has 4 aliphatic rings. The van der Waals surface area contributed by atoms with Crippen LogP contribution in [0.2, 0.25) is 0 Å². The van der Waals surface area contributed by atoms with Crippen molar-refractivity contribution in [2.75, 3.05) is 13.6 Å². The molecule has 3 unspecified atom stereocenters. The zero-order chi connectivity index (χ0) is 34.6. The van der Waals surface area contributed by atoms with Crippen molar-refractivity contribution in [3.05, 3.63) is 35.1 Å². The minimum Gasteiger partial charge on any atom is -0.504 e. The number of aromatic hydroxyl groups is 1. The summed E-state index contributed by atoms with van der Waals surface area (Å²) in [5.41, 5.74) is -1.26. The van der Waals surface area contributed by atoms with Gasteiger partial charge < -0.3 is 44.1 Å². The van der Waals surface area contributed by atoms with Crippen molar-refractivity contribution in [3.63, 3.8) is 0 Å². The van der Waals surface area contributed by atoms with E-state index in [1.54, 1.807) is 32.9 Å². The Balaban J connectivity index is 1.28. The van der Waals surface area contributed by atoms with E-state index in [4.69, 9.17) is 23.7 Å². The van der Waals surface area contributed by atoms with Crippen molar-refractivity contribution in [2.24, 2.45) is 5.92 Å². The number of nitrogens with one attached hydrogen (secondary N) is 1. The van der Waals surface area contributed by atoms with Gasteiger partial charge in [-0.15, -0.1) is 0 Å². The molecule has 1 fully saturated rings. The van der Waals surface area contributed by atoms with Crippen LogP contribution < -0.4 is 10.1 Å². The number of amides is 1. The number of benzene rings is 1. The fraction of sp³-hybridized carbons (Fsp3) is 0.647. The van der Waals surface area contributed by atoms with Gasteiger partial charge in [-0.2, -0.15) is 0 Å². The van der Waals surface area contributed by atoms with Crippen LogP contribution in [0.25, 0.3) is 0 Å². The number of carbonyl (C=O) groups excluding carboxylic acids is 4. The zero-order valence-corrected chi connectivity index (χ0v) is 28.2. The standard InChI is InChI=1S/C34H46N2O11/c1-17(2)15-21(35-28(38)18(3)44-31(41)47-32(5,6)7)30(40)43-19(4)29(39)45-23-11-12-34(42)24-16-20-9-10-22(37)26-25(20)33(34,27(23)46-26)13-14-36(24)8/h9-11,17-19,21,24,27,37,42H,12-16H2,1-8H3,(H,35,38)/t18?,19?,21?,24-,27+,33+,34-/m1/s1. The first-order chi connectivity index (χ1) is 21.9. The summed E-state index contributed by atoms with van der Waals surface area (Å²) in [7, 11) is 1.98. The summed E-state index contributed by atoms with van der Waals surface area (Å²) in [6.07, 6.45) is -1.42. The molecule has 258 valence electrons. The fourth-order valence-electron chi connectivity index (χ4n) is 7.39. The van der Waals surface area contributed by atoms with Crippen LogP contribution in [0.5, 0.6) is 11.5 Å². The quantitative estimate of drug-likeness (QED) is 0.262. The smallest absolute Gasteiger partial charge is 0.504 e. The van der Waals surface area contributed by atoms with E-state index in [9.17, 15) is 29.4 Å². The molecule has 2 aliphatic carbocycles. The predicted molar refractivity (Wildman–Crippen MR) is 166 cm³/mol. The van der Waals surface area contributed by atoms with Crippen molar-refractivity contribution in [1.29, 1.82) is 0 Å². The second-order valence-corrected chi connectivity index (χ2v) is 14.5. The fourth-order valence-corrected chi connectivity index (χ4v) is 7.39. The Morgan fingerprint density at radius 2 is 1.79 bits per heavy atom. The molecule has 0 radical (unpaired) electrons. The first-order valence-electron chi connectivity index (χ1n) is 16.1. The topological polar surface area (TPSA) is 170 Å². The van der Waals surface area contributed by atoms with Crippen LogP contribution in [0.1, 0.15) is 78.9 Å². The van der Waals surface area contributed by atoms with Crippen molar-refractivity contribution in [1.82, 2.24) is 10.2 Å². The molecule has 1 aromatic rings. The van der Waals surface area contributed by atoms with E-state index in [1.807, 2.05) is 27.0 Å². The van der Waals surface area contributed by atoms with Gasteiger partial charge in [0.15, 0.2) is 29.8 Å². The van der Waals surface area contributed by atoms with E-state index in [0.717, 1.165) is 11.1 Å². The van der Waals surface area contributed by atoms with Crippen molar-refractivity contribution in [3.8, 4) is 11.5 Å². The lowest BCUT2D eigenvalue weighted by Gasteiger charge is -2.61. The van der Waals surface area contributed by atoms with Crippen molar-refractivity contribution >= 4 is 24.0 Å². The number of phenols is 1. The molecule has 2 bridgehead atoms. The van der Waals surface area contributed by atoms with Crippen molar-refractivity contribution < 1.29 is 53.1 Å². The Hall–Kier alpha value is -3.84. The molecule has 13 nitrogen and oxygen atoms in total. The summed E-state index contributed by atoms with van der Waals surface area (Å²) < 4.78 is 27.8. The first kappa shape index (κ1) is 34.5. The number of esters is 2. The molecular weight excluding hydrogens is 612 g/mol. The van der Waals surface area contributed by atoms with Gasteiger partial charge in [0.1, 0.15) is 17.4 Å². The number of aliphatic hydroxyl groups is 1. The van der Waals surface area contributed by atoms with E-state index in [1.165, 1.54) is 13.8 Å². The van der Waals surface area contributed by atoms with Gasteiger partial charge in [-0.05, 0) is 91.1 Å². The van der Waals surface area contributed by atoms with Gasteiger partial charge in [-0.1, -0.05) is 19.9 Å². The molecule has 3 N–H and O–H groups in total. The number of hydrogen-bond donors (Lipinski definition) is 3. The van der Waals surface area contributed by atoms with E-state index >= 15 is 0 Å².